The molecule has 2 unspecified atom stereocenters. The highest BCUT2D eigenvalue weighted by Gasteiger charge is 2.36. The second-order valence-corrected chi connectivity index (χ2v) is 5.61. The molecule has 1 aromatic rings. The van der Waals surface area contributed by atoms with Crippen molar-refractivity contribution in [2.24, 2.45) is 11.8 Å². The van der Waals surface area contributed by atoms with E-state index in [4.69, 9.17) is 0 Å². The summed E-state index contributed by atoms with van der Waals surface area (Å²) in [5, 5.41) is 11.6. The van der Waals surface area contributed by atoms with Crippen LogP contribution in [0, 0.1) is 11.8 Å². The average Bonchev–Trinajstić information content (AvgIpc) is 2.46. The topological polar surface area (TPSA) is 66.4 Å². The van der Waals surface area contributed by atoms with Gasteiger partial charge in [-0.1, -0.05) is 17.7 Å². The van der Waals surface area contributed by atoms with Gasteiger partial charge in [-0.3, -0.25) is 9.59 Å². The van der Waals surface area contributed by atoms with Crippen molar-refractivity contribution in [3.63, 3.8) is 0 Å². The third-order valence-corrected chi connectivity index (χ3v) is 3.86. The van der Waals surface area contributed by atoms with Gasteiger partial charge in [-0.15, -0.1) is 0 Å². The van der Waals surface area contributed by atoms with Gasteiger partial charge in [-0.2, -0.15) is 13.2 Å². The molecule has 1 aliphatic rings. The lowest BCUT2D eigenvalue weighted by Gasteiger charge is -2.26. The molecule has 1 aliphatic carbocycles. The zero-order valence-corrected chi connectivity index (χ0v) is 12.4. The van der Waals surface area contributed by atoms with Crippen molar-refractivity contribution in [2.75, 3.05) is 5.32 Å². The van der Waals surface area contributed by atoms with E-state index in [2.05, 4.69) is 5.32 Å². The maximum absolute atomic E-state index is 12.7. The fourth-order valence-corrected chi connectivity index (χ4v) is 2.62. The number of carboxylic acid groups (broad SMARTS) is 1. The van der Waals surface area contributed by atoms with Crippen molar-refractivity contribution in [3.8, 4) is 0 Å². The molecule has 7 heteroatoms. The maximum atomic E-state index is 12.7. The van der Waals surface area contributed by atoms with Gasteiger partial charge in [0.1, 0.15) is 0 Å². The van der Waals surface area contributed by atoms with Crippen LogP contribution in [-0.4, -0.2) is 17.0 Å². The minimum absolute atomic E-state index is 0.000221. The Hall–Kier alpha value is -2.31. The van der Waals surface area contributed by atoms with E-state index in [1.165, 1.54) is 12.1 Å². The third-order valence-electron chi connectivity index (χ3n) is 3.86. The van der Waals surface area contributed by atoms with Crippen LogP contribution in [0.15, 0.2) is 35.9 Å². The summed E-state index contributed by atoms with van der Waals surface area (Å²) in [4.78, 5) is 23.6. The van der Waals surface area contributed by atoms with E-state index in [9.17, 15) is 27.9 Å². The number of nitrogens with one attached hydrogen (secondary N) is 1. The van der Waals surface area contributed by atoms with Crippen LogP contribution in [0.1, 0.15) is 25.3 Å². The molecule has 0 heterocycles. The number of halogens is 3. The summed E-state index contributed by atoms with van der Waals surface area (Å²) in [5.41, 5.74) is 0.0187. The molecule has 1 amide bonds. The van der Waals surface area contributed by atoms with Gasteiger partial charge in [-0.25, -0.2) is 0 Å². The van der Waals surface area contributed by atoms with Crippen molar-refractivity contribution >= 4 is 17.6 Å². The number of carbonyl (C=O) groups is 2. The highest BCUT2D eigenvalue weighted by atomic mass is 19.4. The predicted molar refractivity (Wildman–Crippen MR) is 77.7 cm³/mol. The van der Waals surface area contributed by atoms with Crippen molar-refractivity contribution in [1.82, 2.24) is 0 Å². The number of allylic oxidation sites excluding steroid dienone is 2. The first-order valence-electron chi connectivity index (χ1n) is 7.05. The summed E-state index contributed by atoms with van der Waals surface area (Å²) in [6.07, 6.45) is -2.20. The number of alkyl halides is 3. The van der Waals surface area contributed by atoms with Gasteiger partial charge in [-0.05, 0) is 38.0 Å². The molecular formula is C16H16F3NO3. The van der Waals surface area contributed by atoms with Crippen molar-refractivity contribution in [1.29, 1.82) is 0 Å². The SMILES string of the molecule is CC1=CCC(C(=O)Nc2cccc(C(F)(F)F)c2)C(C(=O)O)C1. The Balaban J connectivity index is 2.17. The molecule has 0 saturated carbocycles. The summed E-state index contributed by atoms with van der Waals surface area (Å²) in [6.45, 7) is 1.79. The normalized spacial score (nSPS) is 21.5. The third kappa shape index (κ3) is 4.12. The molecule has 4 nitrogen and oxygen atoms in total. The molecule has 124 valence electrons. The van der Waals surface area contributed by atoms with Crippen LogP contribution in [0.2, 0.25) is 0 Å². The van der Waals surface area contributed by atoms with Crippen molar-refractivity contribution in [3.05, 3.63) is 41.5 Å². The Bertz CT molecular complexity index is 652. The molecule has 23 heavy (non-hydrogen) atoms. The summed E-state index contributed by atoms with van der Waals surface area (Å²) < 4.78 is 38.0. The second-order valence-electron chi connectivity index (χ2n) is 5.61. The van der Waals surface area contributed by atoms with Gasteiger partial charge in [0.2, 0.25) is 5.91 Å². The highest BCUT2D eigenvalue weighted by molar-refractivity contribution is 5.95. The van der Waals surface area contributed by atoms with E-state index in [0.29, 0.717) is 0 Å². The first kappa shape index (κ1) is 17.1. The summed E-state index contributed by atoms with van der Waals surface area (Å²) in [6, 6.07) is 4.27. The van der Waals surface area contributed by atoms with Crippen LogP contribution in [0.4, 0.5) is 18.9 Å². The number of carbonyl (C=O) groups excluding carboxylic acids is 1. The van der Waals surface area contributed by atoms with Crippen LogP contribution < -0.4 is 5.32 Å². The van der Waals surface area contributed by atoms with Crippen LogP contribution in [0.5, 0.6) is 0 Å². The summed E-state index contributed by atoms with van der Waals surface area (Å²) >= 11 is 0. The number of amides is 1. The average molecular weight is 327 g/mol. The number of hydrogen-bond donors (Lipinski definition) is 2. The Morgan fingerprint density at radius 1 is 1.26 bits per heavy atom. The summed E-state index contributed by atoms with van der Waals surface area (Å²) in [5.74, 6) is -3.33. The van der Waals surface area contributed by atoms with E-state index in [-0.39, 0.29) is 18.5 Å². The molecule has 0 aliphatic heterocycles. The van der Waals surface area contributed by atoms with Crippen LogP contribution in [0.3, 0.4) is 0 Å². The van der Waals surface area contributed by atoms with Gasteiger partial charge in [0.25, 0.3) is 0 Å². The van der Waals surface area contributed by atoms with E-state index < -0.39 is 35.5 Å². The molecule has 2 rings (SSSR count). The molecule has 0 saturated heterocycles. The highest BCUT2D eigenvalue weighted by Crippen LogP contribution is 2.33. The molecule has 2 atom stereocenters. The smallest absolute Gasteiger partial charge is 0.416 e. The number of rotatable bonds is 3. The molecule has 2 N–H and O–H groups in total. The molecule has 0 radical (unpaired) electrons. The van der Waals surface area contributed by atoms with Gasteiger partial charge >= 0.3 is 12.1 Å². The first-order chi connectivity index (χ1) is 10.7. The van der Waals surface area contributed by atoms with E-state index in [1.807, 2.05) is 0 Å². The number of aliphatic carboxylic acids is 1. The monoisotopic (exact) mass is 327 g/mol. The molecule has 1 aromatic carbocycles. The van der Waals surface area contributed by atoms with Gasteiger partial charge in [0, 0.05) is 5.69 Å². The molecule has 0 bridgehead atoms. The van der Waals surface area contributed by atoms with E-state index in [0.717, 1.165) is 17.7 Å². The van der Waals surface area contributed by atoms with Crippen LogP contribution in [-0.2, 0) is 15.8 Å². The van der Waals surface area contributed by atoms with Crippen LogP contribution in [0.25, 0.3) is 0 Å². The summed E-state index contributed by atoms with van der Waals surface area (Å²) in [7, 11) is 0. The minimum atomic E-state index is -4.50. The fraction of sp³-hybridized carbons (Fsp3) is 0.375. The Labute approximate surface area is 131 Å². The van der Waals surface area contributed by atoms with Crippen molar-refractivity contribution < 1.29 is 27.9 Å². The zero-order valence-electron chi connectivity index (χ0n) is 12.4. The largest absolute Gasteiger partial charge is 0.481 e. The second kappa shape index (κ2) is 6.44. The van der Waals surface area contributed by atoms with Gasteiger partial charge < -0.3 is 10.4 Å². The molecule has 0 aromatic heterocycles. The molecular weight excluding hydrogens is 311 g/mol. The van der Waals surface area contributed by atoms with Crippen molar-refractivity contribution in [2.45, 2.75) is 25.9 Å². The lowest BCUT2D eigenvalue weighted by Crippen LogP contribution is -2.35. The lowest BCUT2D eigenvalue weighted by atomic mass is 9.79. The fourth-order valence-electron chi connectivity index (χ4n) is 2.62. The number of hydrogen-bond acceptors (Lipinski definition) is 2. The quantitative estimate of drug-likeness (QED) is 0.832. The molecule has 0 spiro atoms. The minimum Gasteiger partial charge on any atom is -0.481 e. The molecule has 0 fully saturated rings. The maximum Gasteiger partial charge on any atom is 0.416 e. The Morgan fingerprint density at radius 2 is 1.96 bits per heavy atom. The van der Waals surface area contributed by atoms with Gasteiger partial charge in [0.05, 0.1) is 17.4 Å². The standard InChI is InChI=1S/C16H16F3NO3/c1-9-5-6-12(13(7-9)15(22)23)14(21)20-11-4-2-3-10(8-11)16(17,18)19/h2-5,8,12-13H,6-7H2,1H3,(H,20,21)(H,22,23). The first-order valence-corrected chi connectivity index (χ1v) is 7.05. The number of carboxylic acids is 1. The number of benzene rings is 1. The van der Waals surface area contributed by atoms with E-state index in [1.54, 1.807) is 13.0 Å². The van der Waals surface area contributed by atoms with E-state index >= 15 is 0 Å². The number of anilines is 1. The lowest BCUT2D eigenvalue weighted by molar-refractivity contribution is -0.146. The zero-order chi connectivity index (χ0) is 17.2. The van der Waals surface area contributed by atoms with Gasteiger partial charge in [0.15, 0.2) is 0 Å². The van der Waals surface area contributed by atoms with Crippen LogP contribution >= 0.6 is 0 Å². The predicted octanol–water partition coefficient (Wildman–Crippen LogP) is 3.70. The Morgan fingerprint density at radius 3 is 2.57 bits per heavy atom. The Kier molecular flexibility index (Phi) is 4.77.